The summed E-state index contributed by atoms with van der Waals surface area (Å²) in [6.45, 7) is 6.96. The predicted molar refractivity (Wildman–Crippen MR) is 129 cm³/mol. The number of hydrogen-bond donors (Lipinski definition) is 0. The van der Waals surface area contributed by atoms with Gasteiger partial charge in [0.25, 0.3) is 0 Å². The Morgan fingerprint density at radius 2 is 1.80 bits per heavy atom. The zero-order chi connectivity index (χ0) is 20.9. The maximum absolute atomic E-state index is 5.99. The monoisotopic (exact) mass is 418 g/mol. The van der Waals surface area contributed by atoms with Gasteiger partial charge < -0.3 is 9.64 Å². The molecule has 0 bridgehead atoms. The van der Waals surface area contributed by atoms with Crippen LogP contribution in [-0.4, -0.2) is 29.6 Å². The van der Waals surface area contributed by atoms with Crippen LogP contribution in [0.1, 0.15) is 29.7 Å². The molecular weight excluding hydrogens is 388 g/mol. The molecule has 0 atom stereocenters. The first-order chi connectivity index (χ1) is 14.6. The fourth-order valence-corrected chi connectivity index (χ4v) is 4.73. The second-order valence-corrected chi connectivity index (χ2v) is 9.17. The van der Waals surface area contributed by atoms with E-state index in [9.17, 15) is 0 Å². The third-order valence-electron chi connectivity index (χ3n) is 5.80. The fraction of sp³-hybridized carbons (Fsp3) is 0.346. The van der Waals surface area contributed by atoms with Crippen molar-refractivity contribution in [1.29, 1.82) is 0 Å². The summed E-state index contributed by atoms with van der Waals surface area (Å²) in [5, 5.41) is 0.798. The number of pyridine rings is 1. The summed E-state index contributed by atoms with van der Waals surface area (Å²) >= 11 is 1.99. The molecule has 0 aliphatic carbocycles. The molecule has 1 saturated heterocycles. The highest BCUT2D eigenvalue weighted by Gasteiger charge is 2.19. The number of aromatic nitrogens is 1. The van der Waals surface area contributed by atoms with Gasteiger partial charge in [-0.25, -0.2) is 4.98 Å². The van der Waals surface area contributed by atoms with Gasteiger partial charge in [-0.3, -0.25) is 0 Å². The number of ether oxygens (including phenoxy) is 1. The Morgan fingerprint density at radius 1 is 1.00 bits per heavy atom. The van der Waals surface area contributed by atoms with Crippen LogP contribution in [0.4, 0.5) is 5.82 Å². The van der Waals surface area contributed by atoms with E-state index in [1.165, 1.54) is 29.5 Å². The van der Waals surface area contributed by atoms with E-state index < -0.39 is 0 Å². The normalized spacial score (nSPS) is 14.7. The van der Waals surface area contributed by atoms with Crippen molar-refractivity contribution in [3.05, 3.63) is 77.5 Å². The second kappa shape index (κ2) is 9.57. The molecule has 30 heavy (non-hydrogen) atoms. The minimum absolute atomic E-state index is 0.562. The number of benzene rings is 2. The quantitative estimate of drug-likeness (QED) is 0.471. The standard InChI is InChI=1S/C26H30N2OS/c1-19-6-4-9-23(16-19)29-18-21-7-5-8-22(17-21)25-10-11-26(27-20(25)2)28-14-12-24(30-3)13-15-28/h4-11,16-17,24H,12-15,18H2,1-3H3. The molecule has 3 nitrogen and oxygen atoms in total. The lowest BCUT2D eigenvalue weighted by Crippen LogP contribution is -2.35. The topological polar surface area (TPSA) is 25.4 Å². The molecule has 1 aliphatic rings. The third-order valence-corrected chi connectivity index (χ3v) is 6.94. The van der Waals surface area contributed by atoms with Crippen LogP contribution in [0.5, 0.6) is 5.75 Å². The highest BCUT2D eigenvalue weighted by molar-refractivity contribution is 7.99. The van der Waals surface area contributed by atoms with Crippen molar-refractivity contribution in [3.63, 3.8) is 0 Å². The van der Waals surface area contributed by atoms with Crippen LogP contribution in [0.3, 0.4) is 0 Å². The van der Waals surface area contributed by atoms with Crippen molar-refractivity contribution >= 4 is 17.6 Å². The fourth-order valence-electron chi connectivity index (χ4n) is 4.05. The van der Waals surface area contributed by atoms with E-state index in [4.69, 9.17) is 9.72 Å². The van der Waals surface area contributed by atoms with Gasteiger partial charge in [-0.15, -0.1) is 0 Å². The van der Waals surface area contributed by atoms with Crippen molar-refractivity contribution in [2.75, 3.05) is 24.2 Å². The van der Waals surface area contributed by atoms with Gasteiger partial charge in [-0.1, -0.05) is 30.3 Å². The number of nitrogens with zero attached hydrogens (tertiary/aromatic N) is 2. The highest BCUT2D eigenvalue weighted by Crippen LogP contribution is 2.29. The molecular formula is C26H30N2OS. The third kappa shape index (κ3) is 4.99. The molecule has 3 aromatic rings. The molecule has 0 amide bonds. The smallest absolute Gasteiger partial charge is 0.128 e. The van der Waals surface area contributed by atoms with Crippen molar-refractivity contribution in [3.8, 4) is 16.9 Å². The van der Waals surface area contributed by atoms with Crippen molar-refractivity contribution in [1.82, 2.24) is 4.98 Å². The molecule has 0 saturated carbocycles. The maximum Gasteiger partial charge on any atom is 0.128 e. The molecule has 1 aliphatic heterocycles. The summed E-state index contributed by atoms with van der Waals surface area (Å²) in [6, 6.07) is 21.2. The van der Waals surface area contributed by atoms with Crippen LogP contribution in [-0.2, 0) is 6.61 Å². The minimum Gasteiger partial charge on any atom is -0.489 e. The Balaban J connectivity index is 1.46. The van der Waals surface area contributed by atoms with Crippen LogP contribution in [0.25, 0.3) is 11.1 Å². The van der Waals surface area contributed by atoms with Gasteiger partial charge in [0, 0.05) is 29.6 Å². The van der Waals surface area contributed by atoms with E-state index >= 15 is 0 Å². The Hall–Kier alpha value is -2.46. The SMILES string of the molecule is CSC1CCN(c2ccc(-c3cccc(COc4cccc(C)c4)c3)c(C)n2)CC1. The Labute approximate surface area is 184 Å². The average molecular weight is 419 g/mol. The molecule has 1 fully saturated rings. The molecule has 0 unspecified atom stereocenters. The van der Waals surface area contributed by atoms with Gasteiger partial charge in [0.15, 0.2) is 0 Å². The number of thioether (sulfide) groups is 1. The first-order valence-electron chi connectivity index (χ1n) is 10.7. The molecule has 0 N–H and O–H groups in total. The predicted octanol–water partition coefficient (Wildman–Crippen LogP) is 6.28. The van der Waals surface area contributed by atoms with Crippen LogP contribution in [0, 0.1) is 13.8 Å². The summed E-state index contributed by atoms with van der Waals surface area (Å²) in [6.07, 6.45) is 4.71. The number of aryl methyl sites for hydroxylation is 2. The van der Waals surface area contributed by atoms with Crippen LogP contribution < -0.4 is 9.64 Å². The summed E-state index contributed by atoms with van der Waals surface area (Å²) < 4.78 is 5.99. The summed E-state index contributed by atoms with van der Waals surface area (Å²) in [4.78, 5) is 7.37. The van der Waals surface area contributed by atoms with E-state index in [0.29, 0.717) is 6.61 Å². The summed E-state index contributed by atoms with van der Waals surface area (Å²) in [5.41, 5.74) is 5.83. The molecule has 4 rings (SSSR count). The van der Waals surface area contributed by atoms with E-state index in [2.05, 4.69) is 73.5 Å². The number of hydrogen-bond acceptors (Lipinski definition) is 4. The van der Waals surface area contributed by atoms with Crippen molar-refractivity contribution < 1.29 is 4.74 Å². The van der Waals surface area contributed by atoms with Gasteiger partial charge in [0.2, 0.25) is 0 Å². The van der Waals surface area contributed by atoms with E-state index in [-0.39, 0.29) is 0 Å². The number of rotatable bonds is 6. The molecule has 0 spiro atoms. The lowest BCUT2D eigenvalue weighted by Gasteiger charge is -2.32. The van der Waals surface area contributed by atoms with Crippen molar-refractivity contribution in [2.24, 2.45) is 0 Å². The Kier molecular flexibility index (Phi) is 6.63. The Bertz CT molecular complexity index is 996. The highest BCUT2D eigenvalue weighted by atomic mass is 32.2. The number of anilines is 1. The summed E-state index contributed by atoms with van der Waals surface area (Å²) in [5.74, 6) is 2.02. The molecule has 2 heterocycles. The van der Waals surface area contributed by atoms with Crippen LogP contribution >= 0.6 is 11.8 Å². The molecule has 156 valence electrons. The molecule has 2 aromatic carbocycles. The Morgan fingerprint density at radius 3 is 2.53 bits per heavy atom. The first-order valence-corrected chi connectivity index (χ1v) is 12.0. The average Bonchev–Trinajstić information content (AvgIpc) is 2.78. The molecule has 0 radical (unpaired) electrons. The van der Waals surface area contributed by atoms with Crippen LogP contribution in [0.2, 0.25) is 0 Å². The lowest BCUT2D eigenvalue weighted by atomic mass is 10.0. The van der Waals surface area contributed by atoms with Gasteiger partial charge >= 0.3 is 0 Å². The molecule has 4 heteroatoms. The van der Waals surface area contributed by atoms with Gasteiger partial charge in [-0.2, -0.15) is 11.8 Å². The first kappa shape index (κ1) is 20.8. The zero-order valence-corrected chi connectivity index (χ0v) is 18.9. The number of piperidine rings is 1. The van der Waals surface area contributed by atoms with E-state index in [0.717, 1.165) is 41.2 Å². The minimum atomic E-state index is 0.562. The van der Waals surface area contributed by atoms with Crippen molar-refractivity contribution in [2.45, 2.75) is 38.5 Å². The van der Waals surface area contributed by atoms with Gasteiger partial charge in [0.1, 0.15) is 18.2 Å². The molecule has 1 aromatic heterocycles. The summed E-state index contributed by atoms with van der Waals surface area (Å²) in [7, 11) is 0. The van der Waals surface area contributed by atoms with Gasteiger partial charge in [-0.05, 0) is 80.0 Å². The van der Waals surface area contributed by atoms with Gasteiger partial charge in [0.05, 0.1) is 0 Å². The van der Waals surface area contributed by atoms with E-state index in [1.807, 2.05) is 23.9 Å². The zero-order valence-electron chi connectivity index (χ0n) is 18.1. The second-order valence-electron chi connectivity index (χ2n) is 8.03. The lowest BCUT2D eigenvalue weighted by molar-refractivity contribution is 0.306. The van der Waals surface area contributed by atoms with Crippen LogP contribution in [0.15, 0.2) is 60.7 Å². The van der Waals surface area contributed by atoms with E-state index in [1.54, 1.807) is 0 Å². The maximum atomic E-state index is 5.99. The largest absolute Gasteiger partial charge is 0.489 e.